The summed E-state index contributed by atoms with van der Waals surface area (Å²) in [5, 5.41) is 5.83. The minimum Gasteiger partial charge on any atom is -0.481 e. The Balaban J connectivity index is 2.28. The standard InChI is InChI=1S/C12H19N3O2/c1-3-7-14-11(16)9-13-8-10-5-4-6-12(15-10)17-2/h4-6,13H,3,7-9H2,1-2H3,(H,14,16). The van der Waals surface area contributed by atoms with Crippen LogP contribution < -0.4 is 15.4 Å². The van der Waals surface area contributed by atoms with E-state index in [1.807, 2.05) is 19.1 Å². The quantitative estimate of drug-likeness (QED) is 0.733. The van der Waals surface area contributed by atoms with Crippen LogP contribution in [0.4, 0.5) is 0 Å². The van der Waals surface area contributed by atoms with Gasteiger partial charge in [-0.1, -0.05) is 13.0 Å². The number of nitrogens with one attached hydrogen (secondary N) is 2. The summed E-state index contributed by atoms with van der Waals surface area (Å²) in [5.74, 6) is 0.592. The van der Waals surface area contributed by atoms with Crippen molar-refractivity contribution in [2.75, 3.05) is 20.2 Å². The second-order valence-corrected chi connectivity index (χ2v) is 3.62. The summed E-state index contributed by atoms with van der Waals surface area (Å²) in [6.45, 7) is 3.60. The van der Waals surface area contributed by atoms with Crippen LogP contribution in [-0.4, -0.2) is 31.1 Å². The molecule has 5 nitrogen and oxygen atoms in total. The zero-order valence-electron chi connectivity index (χ0n) is 10.3. The second-order valence-electron chi connectivity index (χ2n) is 3.62. The zero-order chi connectivity index (χ0) is 12.5. The monoisotopic (exact) mass is 237 g/mol. The molecule has 0 unspecified atom stereocenters. The maximum absolute atomic E-state index is 11.3. The number of rotatable bonds is 7. The lowest BCUT2D eigenvalue weighted by molar-refractivity contribution is -0.120. The highest BCUT2D eigenvalue weighted by Crippen LogP contribution is 2.05. The van der Waals surface area contributed by atoms with E-state index in [2.05, 4.69) is 15.6 Å². The predicted molar refractivity (Wildman–Crippen MR) is 65.8 cm³/mol. The molecule has 0 bridgehead atoms. The average Bonchev–Trinajstić information content (AvgIpc) is 2.36. The molecule has 0 aliphatic rings. The molecule has 0 saturated carbocycles. The largest absolute Gasteiger partial charge is 0.481 e. The number of aromatic nitrogens is 1. The second kappa shape index (κ2) is 7.62. The van der Waals surface area contributed by atoms with Crippen LogP contribution in [0.3, 0.4) is 0 Å². The van der Waals surface area contributed by atoms with Gasteiger partial charge in [0, 0.05) is 19.2 Å². The van der Waals surface area contributed by atoms with Crippen LogP contribution in [0.15, 0.2) is 18.2 Å². The van der Waals surface area contributed by atoms with E-state index < -0.39 is 0 Å². The van der Waals surface area contributed by atoms with Gasteiger partial charge in [-0.3, -0.25) is 4.79 Å². The van der Waals surface area contributed by atoms with Crippen LogP contribution in [0.1, 0.15) is 19.0 Å². The lowest BCUT2D eigenvalue weighted by Crippen LogP contribution is -2.34. The van der Waals surface area contributed by atoms with Gasteiger partial charge in [-0.2, -0.15) is 0 Å². The van der Waals surface area contributed by atoms with Crippen molar-refractivity contribution in [1.29, 1.82) is 0 Å². The highest BCUT2D eigenvalue weighted by molar-refractivity contribution is 5.77. The van der Waals surface area contributed by atoms with E-state index in [0.717, 1.165) is 18.7 Å². The summed E-state index contributed by atoms with van der Waals surface area (Å²) in [6.07, 6.45) is 0.948. The minimum atomic E-state index is 0.00902. The molecule has 94 valence electrons. The molecule has 0 aromatic carbocycles. The minimum absolute atomic E-state index is 0.00902. The third-order valence-corrected chi connectivity index (χ3v) is 2.15. The van der Waals surface area contributed by atoms with Gasteiger partial charge in [-0.05, 0) is 12.5 Å². The van der Waals surface area contributed by atoms with Crippen molar-refractivity contribution in [2.24, 2.45) is 0 Å². The lowest BCUT2D eigenvalue weighted by Gasteiger charge is -2.06. The highest BCUT2D eigenvalue weighted by Gasteiger charge is 2.00. The molecule has 1 heterocycles. The number of ether oxygens (including phenoxy) is 1. The van der Waals surface area contributed by atoms with Crippen molar-refractivity contribution in [1.82, 2.24) is 15.6 Å². The van der Waals surface area contributed by atoms with Gasteiger partial charge < -0.3 is 15.4 Å². The van der Waals surface area contributed by atoms with E-state index in [9.17, 15) is 4.79 Å². The van der Waals surface area contributed by atoms with Crippen molar-refractivity contribution in [3.8, 4) is 5.88 Å². The normalized spacial score (nSPS) is 10.0. The molecule has 1 rings (SSSR count). The number of pyridine rings is 1. The van der Waals surface area contributed by atoms with Gasteiger partial charge in [-0.15, -0.1) is 0 Å². The maximum Gasteiger partial charge on any atom is 0.233 e. The number of nitrogens with zero attached hydrogens (tertiary/aromatic N) is 1. The summed E-state index contributed by atoms with van der Waals surface area (Å²) in [5.41, 5.74) is 0.854. The number of carbonyl (C=O) groups is 1. The number of methoxy groups -OCH3 is 1. The van der Waals surface area contributed by atoms with Crippen LogP contribution in [0.5, 0.6) is 5.88 Å². The first-order valence-corrected chi connectivity index (χ1v) is 5.73. The fourth-order valence-electron chi connectivity index (χ4n) is 1.30. The van der Waals surface area contributed by atoms with E-state index in [1.165, 1.54) is 0 Å². The third kappa shape index (κ3) is 5.31. The number of carbonyl (C=O) groups excluding carboxylic acids is 1. The van der Waals surface area contributed by atoms with Gasteiger partial charge in [-0.25, -0.2) is 4.98 Å². The van der Waals surface area contributed by atoms with Crippen molar-refractivity contribution < 1.29 is 9.53 Å². The summed E-state index contributed by atoms with van der Waals surface area (Å²) >= 11 is 0. The van der Waals surface area contributed by atoms with E-state index in [4.69, 9.17) is 4.74 Å². The molecule has 0 aliphatic heterocycles. The van der Waals surface area contributed by atoms with E-state index >= 15 is 0 Å². The van der Waals surface area contributed by atoms with Gasteiger partial charge in [0.25, 0.3) is 0 Å². The summed E-state index contributed by atoms with van der Waals surface area (Å²) in [7, 11) is 1.58. The summed E-state index contributed by atoms with van der Waals surface area (Å²) in [4.78, 5) is 15.5. The highest BCUT2D eigenvalue weighted by atomic mass is 16.5. The SMILES string of the molecule is CCCNC(=O)CNCc1cccc(OC)n1. The first kappa shape index (κ1) is 13.4. The number of hydrogen-bond acceptors (Lipinski definition) is 4. The third-order valence-electron chi connectivity index (χ3n) is 2.15. The molecule has 0 spiro atoms. The lowest BCUT2D eigenvalue weighted by atomic mass is 10.3. The summed E-state index contributed by atoms with van der Waals surface area (Å²) < 4.78 is 5.02. The van der Waals surface area contributed by atoms with Gasteiger partial charge in [0.1, 0.15) is 0 Å². The Morgan fingerprint density at radius 2 is 2.29 bits per heavy atom. The van der Waals surface area contributed by atoms with Crippen LogP contribution in [0, 0.1) is 0 Å². The Labute approximate surface area is 102 Å². The van der Waals surface area contributed by atoms with Crippen LogP contribution >= 0.6 is 0 Å². The fourth-order valence-corrected chi connectivity index (χ4v) is 1.30. The van der Waals surface area contributed by atoms with E-state index in [0.29, 0.717) is 19.0 Å². The summed E-state index contributed by atoms with van der Waals surface area (Å²) in [6, 6.07) is 5.55. The Morgan fingerprint density at radius 1 is 1.47 bits per heavy atom. The molecule has 0 radical (unpaired) electrons. The van der Waals surface area contributed by atoms with Gasteiger partial charge >= 0.3 is 0 Å². The molecular formula is C12H19N3O2. The molecule has 5 heteroatoms. The van der Waals surface area contributed by atoms with E-state index in [-0.39, 0.29) is 5.91 Å². The van der Waals surface area contributed by atoms with Crippen LogP contribution in [0.25, 0.3) is 0 Å². The zero-order valence-corrected chi connectivity index (χ0v) is 10.3. The molecule has 1 aromatic heterocycles. The van der Waals surface area contributed by atoms with Crippen molar-refractivity contribution in [2.45, 2.75) is 19.9 Å². The predicted octanol–water partition coefficient (Wildman–Crippen LogP) is 0.706. The Morgan fingerprint density at radius 3 is 3.00 bits per heavy atom. The smallest absolute Gasteiger partial charge is 0.233 e. The fraction of sp³-hybridized carbons (Fsp3) is 0.500. The maximum atomic E-state index is 11.3. The molecule has 0 fully saturated rings. The molecular weight excluding hydrogens is 218 g/mol. The first-order chi connectivity index (χ1) is 8.26. The Bertz CT molecular complexity index is 355. The molecule has 1 aromatic rings. The first-order valence-electron chi connectivity index (χ1n) is 5.73. The molecule has 0 aliphatic carbocycles. The van der Waals surface area contributed by atoms with Crippen LogP contribution in [0.2, 0.25) is 0 Å². The topological polar surface area (TPSA) is 63.2 Å². The van der Waals surface area contributed by atoms with Crippen molar-refractivity contribution in [3.63, 3.8) is 0 Å². The van der Waals surface area contributed by atoms with Crippen molar-refractivity contribution >= 4 is 5.91 Å². The molecule has 0 saturated heterocycles. The molecule has 0 atom stereocenters. The molecule has 17 heavy (non-hydrogen) atoms. The van der Waals surface area contributed by atoms with Gasteiger partial charge in [0.2, 0.25) is 11.8 Å². The Kier molecular flexibility index (Phi) is 6.03. The molecule has 1 amide bonds. The average molecular weight is 237 g/mol. The van der Waals surface area contributed by atoms with Gasteiger partial charge in [0.15, 0.2) is 0 Å². The van der Waals surface area contributed by atoms with Gasteiger partial charge in [0.05, 0.1) is 19.3 Å². The number of hydrogen-bond donors (Lipinski definition) is 2. The molecule has 2 N–H and O–H groups in total. The van der Waals surface area contributed by atoms with Crippen LogP contribution in [-0.2, 0) is 11.3 Å². The van der Waals surface area contributed by atoms with E-state index in [1.54, 1.807) is 13.2 Å². The number of amides is 1. The van der Waals surface area contributed by atoms with Crippen molar-refractivity contribution in [3.05, 3.63) is 23.9 Å². The Hall–Kier alpha value is -1.62.